The lowest BCUT2D eigenvalue weighted by Gasteiger charge is -2.42. The van der Waals surface area contributed by atoms with Crippen molar-refractivity contribution in [2.45, 2.75) is 31.6 Å². The van der Waals surface area contributed by atoms with Crippen LogP contribution in [0.25, 0.3) is 0 Å². The summed E-state index contributed by atoms with van der Waals surface area (Å²) in [7, 11) is 0. The van der Waals surface area contributed by atoms with Gasteiger partial charge < -0.3 is 15.2 Å². The minimum absolute atomic E-state index is 0.142. The van der Waals surface area contributed by atoms with Crippen LogP contribution in [0.5, 0.6) is 11.5 Å². The van der Waals surface area contributed by atoms with E-state index >= 15 is 0 Å². The van der Waals surface area contributed by atoms with E-state index < -0.39 is 0 Å². The molecule has 2 N–H and O–H groups in total. The average Bonchev–Trinajstić information content (AvgIpc) is 2.68. The van der Waals surface area contributed by atoms with Crippen LogP contribution in [0.15, 0.2) is 12.1 Å². The Labute approximate surface area is 95.5 Å². The number of hydrogen-bond donors (Lipinski definition) is 1. The van der Waals surface area contributed by atoms with E-state index in [4.69, 9.17) is 15.2 Å². The summed E-state index contributed by atoms with van der Waals surface area (Å²) in [5.74, 6) is 1.81. The zero-order valence-electron chi connectivity index (χ0n) is 9.58. The van der Waals surface area contributed by atoms with E-state index in [-0.39, 0.29) is 5.41 Å². The van der Waals surface area contributed by atoms with Crippen molar-refractivity contribution in [1.82, 2.24) is 0 Å². The highest BCUT2D eigenvalue weighted by molar-refractivity contribution is 5.56. The molecule has 0 saturated heterocycles. The number of aryl methyl sites for hydroxylation is 1. The average molecular weight is 219 g/mol. The van der Waals surface area contributed by atoms with E-state index in [1.807, 2.05) is 6.07 Å². The van der Waals surface area contributed by atoms with Gasteiger partial charge in [0.05, 0.1) is 0 Å². The number of ether oxygens (including phenoxy) is 2. The molecule has 0 atom stereocenters. The molecule has 0 aromatic heterocycles. The minimum Gasteiger partial charge on any atom is -0.454 e. The number of nitrogens with two attached hydrogens (primary N) is 1. The monoisotopic (exact) mass is 219 g/mol. The summed E-state index contributed by atoms with van der Waals surface area (Å²) in [5.41, 5.74) is 8.67. The lowest BCUT2D eigenvalue weighted by Crippen LogP contribution is -2.42. The van der Waals surface area contributed by atoms with Crippen LogP contribution >= 0.6 is 0 Å². The van der Waals surface area contributed by atoms with Crippen molar-refractivity contribution in [2.75, 3.05) is 13.3 Å². The van der Waals surface area contributed by atoms with Gasteiger partial charge in [-0.05, 0) is 31.4 Å². The molecule has 0 bridgehead atoms. The topological polar surface area (TPSA) is 44.5 Å². The van der Waals surface area contributed by atoms with Crippen LogP contribution in [0.1, 0.15) is 30.4 Å². The summed E-state index contributed by atoms with van der Waals surface area (Å²) in [4.78, 5) is 0. The molecule has 1 aliphatic carbocycles. The third kappa shape index (κ3) is 1.18. The van der Waals surface area contributed by atoms with Crippen LogP contribution in [-0.4, -0.2) is 13.3 Å². The predicted molar refractivity (Wildman–Crippen MR) is 61.9 cm³/mol. The summed E-state index contributed by atoms with van der Waals surface area (Å²) in [6, 6.07) is 4.10. The summed E-state index contributed by atoms with van der Waals surface area (Å²) >= 11 is 0. The molecule has 16 heavy (non-hydrogen) atoms. The van der Waals surface area contributed by atoms with Crippen LogP contribution in [-0.2, 0) is 5.41 Å². The van der Waals surface area contributed by atoms with Gasteiger partial charge >= 0.3 is 0 Å². The van der Waals surface area contributed by atoms with E-state index in [1.165, 1.54) is 30.4 Å². The lowest BCUT2D eigenvalue weighted by molar-refractivity contribution is 0.168. The Bertz CT molecular complexity index is 419. The van der Waals surface area contributed by atoms with Crippen molar-refractivity contribution >= 4 is 0 Å². The summed E-state index contributed by atoms with van der Waals surface area (Å²) < 4.78 is 11.1. The molecule has 0 spiro atoms. The van der Waals surface area contributed by atoms with Crippen molar-refractivity contribution < 1.29 is 9.47 Å². The molecule has 3 rings (SSSR count). The van der Waals surface area contributed by atoms with Gasteiger partial charge in [-0.2, -0.15) is 0 Å². The molecule has 3 heteroatoms. The maximum Gasteiger partial charge on any atom is 0.231 e. The first-order valence-corrected chi connectivity index (χ1v) is 5.87. The number of fused-ring (bicyclic) bond motifs is 1. The van der Waals surface area contributed by atoms with Gasteiger partial charge in [-0.15, -0.1) is 0 Å². The molecule has 1 saturated carbocycles. The Morgan fingerprint density at radius 2 is 2.12 bits per heavy atom. The van der Waals surface area contributed by atoms with Crippen molar-refractivity contribution in [3.63, 3.8) is 0 Å². The number of hydrogen-bond acceptors (Lipinski definition) is 3. The Balaban J connectivity index is 2.15. The Morgan fingerprint density at radius 3 is 2.75 bits per heavy atom. The molecule has 0 unspecified atom stereocenters. The highest BCUT2D eigenvalue weighted by atomic mass is 16.7. The van der Waals surface area contributed by atoms with Gasteiger partial charge in [0, 0.05) is 17.5 Å². The number of benzene rings is 1. The largest absolute Gasteiger partial charge is 0.454 e. The maximum atomic E-state index is 5.97. The first kappa shape index (κ1) is 9.97. The SMILES string of the molecule is Cc1ccc2c(c1C1(CN)CCC1)OCO2. The zero-order chi connectivity index (χ0) is 11.2. The summed E-state index contributed by atoms with van der Waals surface area (Å²) in [5, 5.41) is 0. The molecule has 2 aliphatic rings. The molecule has 1 fully saturated rings. The van der Waals surface area contributed by atoms with Gasteiger partial charge in [-0.3, -0.25) is 0 Å². The van der Waals surface area contributed by atoms with Crippen LogP contribution in [0.4, 0.5) is 0 Å². The van der Waals surface area contributed by atoms with E-state index in [0.29, 0.717) is 13.3 Å². The standard InChI is InChI=1S/C13H17NO2/c1-9-3-4-10-12(16-8-15-10)11(9)13(7-14)5-2-6-13/h3-4H,2,5-8,14H2,1H3. The molecular formula is C13H17NO2. The third-order valence-corrected chi connectivity index (χ3v) is 3.98. The molecule has 1 heterocycles. The second-order valence-electron chi connectivity index (χ2n) is 4.83. The molecule has 1 aromatic carbocycles. The summed E-state index contributed by atoms with van der Waals surface area (Å²) in [6.45, 7) is 3.17. The molecule has 1 aromatic rings. The lowest BCUT2D eigenvalue weighted by atomic mass is 9.63. The predicted octanol–water partition coefficient (Wildman–Crippen LogP) is 2.10. The fourth-order valence-electron chi connectivity index (χ4n) is 2.89. The molecule has 3 nitrogen and oxygen atoms in total. The molecular weight excluding hydrogens is 202 g/mol. The zero-order valence-corrected chi connectivity index (χ0v) is 9.58. The van der Waals surface area contributed by atoms with Crippen LogP contribution in [0.3, 0.4) is 0 Å². The highest BCUT2D eigenvalue weighted by Crippen LogP contribution is 2.51. The van der Waals surface area contributed by atoms with Crippen LogP contribution in [0.2, 0.25) is 0 Å². The normalized spacial score (nSPS) is 20.6. The van der Waals surface area contributed by atoms with Crippen LogP contribution in [0, 0.1) is 6.92 Å². The van der Waals surface area contributed by atoms with Crippen molar-refractivity contribution in [2.24, 2.45) is 5.73 Å². The highest BCUT2D eigenvalue weighted by Gasteiger charge is 2.42. The second-order valence-corrected chi connectivity index (χ2v) is 4.83. The fraction of sp³-hybridized carbons (Fsp3) is 0.538. The van der Waals surface area contributed by atoms with Gasteiger partial charge in [0.15, 0.2) is 11.5 Å². The van der Waals surface area contributed by atoms with Crippen molar-refractivity contribution in [3.05, 3.63) is 23.3 Å². The number of rotatable bonds is 2. The van der Waals surface area contributed by atoms with E-state index in [2.05, 4.69) is 13.0 Å². The van der Waals surface area contributed by atoms with Gasteiger partial charge in [0.2, 0.25) is 6.79 Å². The van der Waals surface area contributed by atoms with Gasteiger partial charge in [0.1, 0.15) is 0 Å². The van der Waals surface area contributed by atoms with Gasteiger partial charge in [0.25, 0.3) is 0 Å². The van der Waals surface area contributed by atoms with E-state index in [9.17, 15) is 0 Å². The quantitative estimate of drug-likeness (QED) is 0.828. The summed E-state index contributed by atoms with van der Waals surface area (Å²) in [6.07, 6.45) is 3.61. The smallest absolute Gasteiger partial charge is 0.231 e. The molecule has 86 valence electrons. The maximum absolute atomic E-state index is 5.97. The Hall–Kier alpha value is -1.22. The van der Waals surface area contributed by atoms with Crippen LogP contribution < -0.4 is 15.2 Å². The Kier molecular flexibility index (Phi) is 2.11. The van der Waals surface area contributed by atoms with Gasteiger partial charge in [-0.1, -0.05) is 12.5 Å². The fourth-order valence-corrected chi connectivity index (χ4v) is 2.89. The Morgan fingerprint density at radius 1 is 1.31 bits per heavy atom. The van der Waals surface area contributed by atoms with Gasteiger partial charge in [-0.25, -0.2) is 0 Å². The third-order valence-electron chi connectivity index (χ3n) is 3.98. The molecule has 1 aliphatic heterocycles. The van der Waals surface area contributed by atoms with E-state index in [0.717, 1.165) is 11.5 Å². The van der Waals surface area contributed by atoms with E-state index in [1.54, 1.807) is 0 Å². The van der Waals surface area contributed by atoms with Crippen molar-refractivity contribution in [1.29, 1.82) is 0 Å². The minimum atomic E-state index is 0.142. The molecule has 0 radical (unpaired) electrons. The first-order chi connectivity index (χ1) is 7.77. The molecule has 0 amide bonds. The van der Waals surface area contributed by atoms with Crippen molar-refractivity contribution in [3.8, 4) is 11.5 Å². The first-order valence-electron chi connectivity index (χ1n) is 5.87. The second kappa shape index (κ2) is 3.39.